The van der Waals surface area contributed by atoms with Crippen LogP contribution in [-0.4, -0.2) is 83.9 Å². The molecule has 4 heterocycles. The highest BCUT2D eigenvalue weighted by Crippen LogP contribution is 2.36. The molecule has 1 aromatic carbocycles. The summed E-state index contributed by atoms with van der Waals surface area (Å²) >= 11 is 0. The van der Waals surface area contributed by atoms with Crippen LogP contribution in [0.15, 0.2) is 18.2 Å². The predicted molar refractivity (Wildman–Crippen MR) is 129 cm³/mol. The molecule has 1 aromatic rings. The summed E-state index contributed by atoms with van der Waals surface area (Å²) in [5.41, 5.74) is 1.29. The van der Waals surface area contributed by atoms with Crippen LogP contribution in [0, 0.1) is 5.82 Å². The number of nitrogens with zero attached hydrogens (tertiary/aromatic N) is 2. The molecule has 5 rings (SSSR count). The second-order valence-electron chi connectivity index (χ2n) is 10.6. The third kappa shape index (κ3) is 5.62. The number of halogens is 1. The van der Waals surface area contributed by atoms with Crippen LogP contribution in [0.3, 0.4) is 0 Å². The summed E-state index contributed by atoms with van der Waals surface area (Å²) in [6.07, 6.45) is 5.93. The van der Waals surface area contributed by atoms with Crippen molar-refractivity contribution in [1.82, 2.24) is 15.1 Å². The summed E-state index contributed by atoms with van der Waals surface area (Å²) in [5, 5.41) is 15.1. The van der Waals surface area contributed by atoms with Crippen LogP contribution in [0.4, 0.5) is 10.1 Å². The van der Waals surface area contributed by atoms with Crippen molar-refractivity contribution in [2.75, 3.05) is 44.6 Å². The molecule has 0 radical (unpaired) electrons. The van der Waals surface area contributed by atoms with Crippen LogP contribution in [0.25, 0.3) is 0 Å². The Balaban J connectivity index is 1.09. The Hall–Kier alpha value is -2.23. The Morgan fingerprint density at radius 1 is 1.14 bits per heavy atom. The second kappa shape index (κ2) is 10.4. The van der Waals surface area contributed by atoms with Crippen molar-refractivity contribution in [2.24, 2.45) is 0 Å². The van der Waals surface area contributed by atoms with Crippen LogP contribution < -0.4 is 10.6 Å². The number of aliphatic hydroxyl groups is 1. The van der Waals surface area contributed by atoms with Gasteiger partial charge in [0.25, 0.3) is 0 Å². The fourth-order valence-electron chi connectivity index (χ4n) is 6.09. The van der Waals surface area contributed by atoms with Gasteiger partial charge in [0.2, 0.25) is 11.8 Å². The Morgan fingerprint density at radius 3 is 2.57 bits per heavy atom. The van der Waals surface area contributed by atoms with Gasteiger partial charge in [0, 0.05) is 25.4 Å². The van der Waals surface area contributed by atoms with Crippen LogP contribution in [0.5, 0.6) is 0 Å². The van der Waals surface area contributed by atoms with Gasteiger partial charge in [-0.15, -0.1) is 0 Å². The first-order valence-electron chi connectivity index (χ1n) is 13.1. The first-order valence-corrected chi connectivity index (χ1v) is 13.1. The third-order valence-electron chi connectivity index (χ3n) is 8.29. The molecule has 0 aromatic heterocycles. The first kappa shape index (κ1) is 24.5. The predicted octanol–water partition coefficient (Wildman–Crippen LogP) is 2.19. The number of nitrogens with one attached hydrogen (secondary N) is 2. The highest BCUT2D eigenvalue weighted by Gasteiger charge is 2.39. The molecule has 0 saturated carbocycles. The Morgan fingerprint density at radius 2 is 1.91 bits per heavy atom. The Labute approximate surface area is 206 Å². The van der Waals surface area contributed by atoms with Crippen LogP contribution >= 0.6 is 0 Å². The summed E-state index contributed by atoms with van der Waals surface area (Å²) < 4.78 is 20.9. The quantitative estimate of drug-likeness (QED) is 0.588. The zero-order valence-electron chi connectivity index (χ0n) is 20.3. The minimum absolute atomic E-state index is 0.0234. The van der Waals surface area contributed by atoms with Crippen LogP contribution in [0.1, 0.15) is 62.8 Å². The highest BCUT2D eigenvalue weighted by molar-refractivity contribution is 5.85. The molecular formula is C26H37FN4O4. The largest absolute Gasteiger partial charge is 0.375 e. The van der Waals surface area contributed by atoms with Gasteiger partial charge in [0.1, 0.15) is 18.1 Å². The van der Waals surface area contributed by atoms with E-state index in [2.05, 4.69) is 15.5 Å². The third-order valence-corrected chi connectivity index (χ3v) is 8.29. The molecule has 2 atom stereocenters. The number of aliphatic hydroxyl groups excluding tert-OH is 1. The number of hydrogen-bond donors (Lipinski definition) is 3. The van der Waals surface area contributed by atoms with E-state index < -0.39 is 12.3 Å². The number of likely N-dealkylation sites (tertiary alicyclic amines) is 2. The average Bonchev–Trinajstić information content (AvgIpc) is 3.30. The van der Waals surface area contributed by atoms with Gasteiger partial charge < -0.3 is 25.4 Å². The molecule has 0 aliphatic carbocycles. The molecule has 4 saturated heterocycles. The molecule has 8 nitrogen and oxygen atoms in total. The van der Waals surface area contributed by atoms with Crippen molar-refractivity contribution in [1.29, 1.82) is 0 Å². The smallest absolute Gasteiger partial charge is 0.244 e. The maximum atomic E-state index is 15.0. The number of benzene rings is 1. The van der Waals surface area contributed by atoms with Gasteiger partial charge in [-0.25, -0.2) is 4.39 Å². The van der Waals surface area contributed by atoms with E-state index in [0.717, 1.165) is 71.3 Å². The summed E-state index contributed by atoms with van der Waals surface area (Å²) in [6.45, 7) is 4.41. The fraction of sp³-hybridized carbons (Fsp3) is 0.692. The normalized spacial score (nSPS) is 27.7. The molecule has 1 spiro atoms. The molecule has 2 amide bonds. The number of anilines is 1. The molecule has 192 valence electrons. The first-order chi connectivity index (χ1) is 16.9. The van der Waals surface area contributed by atoms with Gasteiger partial charge in [-0.2, -0.15) is 0 Å². The van der Waals surface area contributed by atoms with Gasteiger partial charge in [-0.05, 0) is 88.1 Å². The topological polar surface area (TPSA) is 94.1 Å². The number of amides is 2. The maximum absolute atomic E-state index is 15.0. The molecule has 4 fully saturated rings. The summed E-state index contributed by atoms with van der Waals surface area (Å²) in [5.74, 6) is -0.224. The molecule has 4 aliphatic heterocycles. The lowest BCUT2D eigenvalue weighted by molar-refractivity contribution is -0.137. The highest BCUT2D eigenvalue weighted by atomic mass is 19.1. The number of piperidine rings is 3. The van der Waals surface area contributed by atoms with E-state index in [4.69, 9.17) is 4.74 Å². The number of carbonyl (C=O) groups is 2. The summed E-state index contributed by atoms with van der Waals surface area (Å²) in [4.78, 5) is 29.0. The van der Waals surface area contributed by atoms with E-state index in [-0.39, 0.29) is 29.2 Å². The second-order valence-corrected chi connectivity index (χ2v) is 10.6. The van der Waals surface area contributed by atoms with Gasteiger partial charge in [-0.3, -0.25) is 14.5 Å². The zero-order valence-corrected chi connectivity index (χ0v) is 20.3. The van der Waals surface area contributed by atoms with E-state index in [1.807, 2.05) is 17.0 Å². The van der Waals surface area contributed by atoms with Crippen molar-refractivity contribution in [3.8, 4) is 0 Å². The Kier molecular flexibility index (Phi) is 7.27. The van der Waals surface area contributed by atoms with Crippen LogP contribution in [0.2, 0.25) is 0 Å². The summed E-state index contributed by atoms with van der Waals surface area (Å²) in [6, 6.07) is 4.62. The standard InChI is InChI=1S/C26H37FN4O4/c27-21-16-19(28-22-4-5-23(32)29-25(22)34)2-3-20(21)18-6-11-30(12-7-18)17-24(33)31-13-9-26(10-14-31)8-1-15-35-26/h2-3,16,18,22-23,28,32H,1,4-15,17H2,(H,29,34). The lowest BCUT2D eigenvalue weighted by atomic mass is 9.88. The minimum atomic E-state index is -0.806. The number of rotatable bonds is 5. The molecular weight excluding hydrogens is 451 g/mol. The van der Waals surface area contributed by atoms with E-state index in [0.29, 0.717) is 30.6 Å². The monoisotopic (exact) mass is 488 g/mol. The van der Waals surface area contributed by atoms with Crippen molar-refractivity contribution in [3.05, 3.63) is 29.6 Å². The Bertz CT molecular complexity index is 920. The van der Waals surface area contributed by atoms with E-state index >= 15 is 0 Å². The molecule has 9 heteroatoms. The van der Waals surface area contributed by atoms with Crippen molar-refractivity contribution < 1.29 is 23.8 Å². The number of ether oxygens (including phenoxy) is 1. The molecule has 3 N–H and O–H groups in total. The van der Waals surface area contributed by atoms with Gasteiger partial charge >= 0.3 is 0 Å². The van der Waals surface area contributed by atoms with Gasteiger partial charge in [0.15, 0.2) is 0 Å². The lowest BCUT2D eigenvalue weighted by Crippen LogP contribution is -2.50. The SMILES string of the molecule is O=C1NC(O)CCC1Nc1ccc(C2CCN(CC(=O)N3CCC4(CCCO4)CC3)CC2)c(F)c1. The van der Waals surface area contributed by atoms with Gasteiger partial charge in [-0.1, -0.05) is 6.07 Å². The maximum Gasteiger partial charge on any atom is 0.244 e. The number of hydrogen-bond acceptors (Lipinski definition) is 6. The van der Waals surface area contributed by atoms with Gasteiger partial charge in [0.05, 0.1) is 12.1 Å². The fourth-order valence-corrected chi connectivity index (χ4v) is 6.09. The number of carbonyl (C=O) groups excluding carboxylic acids is 2. The van der Waals surface area contributed by atoms with Crippen molar-refractivity contribution in [2.45, 2.75) is 75.2 Å². The zero-order chi connectivity index (χ0) is 24.4. The molecule has 35 heavy (non-hydrogen) atoms. The van der Waals surface area contributed by atoms with E-state index in [1.54, 1.807) is 0 Å². The summed E-state index contributed by atoms with van der Waals surface area (Å²) in [7, 11) is 0. The molecule has 0 bridgehead atoms. The minimum Gasteiger partial charge on any atom is -0.375 e. The molecule has 4 aliphatic rings. The average molecular weight is 489 g/mol. The van der Waals surface area contributed by atoms with E-state index in [9.17, 15) is 19.1 Å². The van der Waals surface area contributed by atoms with Crippen molar-refractivity contribution >= 4 is 17.5 Å². The van der Waals surface area contributed by atoms with E-state index in [1.165, 1.54) is 6.07 Å². The van der Waals surface area contributed by atoms with Crippen molar-refractivity contribution in [3.63, 3.8) is 0 Å². The van der Waals surface area contributed by atoms with Crippen LogP contribution in [-0.2, 0) is 14.3 Å². The lowest BCUT2D eigenvalue weighted by Gasteiger charge is -2.40. The molecule has 2 unspecified atom stereocenters.